The predicted octanol–water partition coefficient (Wildman–Crippen LogP) is 2.47. The smallest absolute Gasteiger partial charge is 0.339 e. The van der Waals surface area contributed by atoms with E-state index in [9.17, 15) is 13.2 Å². The van der Waals surface area contributed by atoms with E-state index in [2.05, 4.69) is 20.7 Å². The molecule has 1 atom stereocenters. The van der Waals surface area contributed by atoms with Crippen LogP contribution >= 0.6 is 15.9 Å². The Hall–Kier alpha value is -0.960. The third kappa shape index (κ3) is 5.00. The molecule has 1 aliphatic heterocycles. The van der Waals surface area contributed by atoms with Crippen molar-refractivity contribution in [2.24, 2.45) is 0 Å². The number of hydrogen-bond acceptors (Lipinski definition) is 5. The molecule has 1 fully saturated rings. The van der Waals surface area contributed by atoms with E-state index in [0.717, 1.165) is 0 Å². The van der Waals surface area contributed by atoms with Gasteiger partial charge in [0.2, 0.25) is 10.0 Å². The van der Waals surface area contributed by atoms with Crippen molar-refractivity contribution in [3.05, 3.63) is 28.2 Å². The number of benzene rings is 1. The summed E-state index contributed by atoms with van der Waals surface area (Å²) >= 11 is 3.26. The van der Waals surface area contributed by atoms with E-state index in [1.54, 1.807) is 20.8 Å². The first-order valence-electron chi connectivity index (χ1n) is 7.21. The molecular formula is C15H20BrNO5S. The van der Waals surface area contributed by atoms with Gasteiger partial charge in [-0.25, -0.2) is 17.9 Å². The Morgan fingerprint density at radius 2 is 2.09 bits per heavy atom. The van der Waals surface area contributed by atoms with Crippen molar-refractivity contribution in [2.75, 3.05) is 13.2 Å². The second-order valence-corrected chi connectivity index (χ2v) is 8.92. The maximum atomic E-state index is 12.4. The van der Waals surface area contributed by atoms with Gasteiger partial charge in [0, 0.05) is 16.4 Å². The Labute approximate surface area is 144 Å². The van der Waals surface area contributed by atoms with Gasteiger partial charge in [-0.3, -0.25) is 0 Å². The Bertz CT molecular complexity index is 690. The van der Waals surface area contributed by atoms with Gasteiger partial charge >= 0.3 is 5.97 Å². The van der Waals surface area contributed by atoms with Gasteiger partial charge in [0.1, 0.15) is 6.10 Å². The van der Waals surface area contributed by atoms with Crippen molar-refractivity contribution in [2.45, 2.75) is 43.7 Å². The molecule has 0 aliphatic carbocycles. The Morgan fingerprint density at radius 1 is 1.39 bits per heavy atom. The minimum absolute atomic E-state index is 0.0187. The molecule has 1 heterocycles. The Balaban J connectivity index is 2.26. The molecule has 0 amide bonds. The van der Waals surface area contributed by atoms with E-state index in [1.807, 2.05) is 0 Å². The molecule has 1 aliphatic rings. The third-order valence-electron chi connectivity index (χ3n) is 3.07. The zero-order chi connectivity index (χ0) is 17.3. The molecule has 23 heavy (non-hydrogen) atoms. The van der Waals surface area contributed by atoms with Crippen molar-refractivity contribution in [3.63, 3.8) is 0 Å². The molecule has 128 valence electrons. The van der Waals surface area contributed by atoms with Gasteiger partial charge in [0.25, 0.3) is 0 Å². The minimum Gasteiger partial charge on any atom is -0.456 e. The monoisotopic (exact) mass is 405 g/mol. The number of carbonyl (C=O) groups is 1. The zero-order valence-electron chi connectivity index (χ0n) is 13.3. The Kier molecular flexibility index (Phi) is 5.50. The van der Waals surface area contributed by atoms with Crippen molar-refractivity contribution in [3.8, 4) is 0 Å². The molecule has 1 unspecified atom stereocenters. The lowest BCUT2D eigenvalue weighted by atomic mass is 10.1. The molecule has 1 aromatic rings. The SMILES string of the molecule is CC(C)(C)NS(=O)(=O)c1ccc(Br)c(C(=O)OC2CCOC2)c1. The Morgan fingerprint density at radius 3 is 2.65 bits per heavy atom. The number of esters is 1. The largest absolute Gasteiger partial charge is 0.456 e. The van der Waals surface area contributed by atoms with Crippen LogP contribution in [0.2, 0.25) is 0 Å². The van der Waals surface area contributed by atoms with Crippen LogP contribution in [0.4, 0.5) is 0 Å². The lowest BCUT2D eigenvalue weighted by molar-refractivity contribution is 0.0269. The number of carbonyl (C=O) groups excluding carboxylic acids is 1. The standard InChI is InChI=1S/C15H20BrNO5S/c1-15(2,3)17-23(19,20)11-4-5-13(16)12(8-11)14(18)22-10-6-7-21-9-10/h4-5,8,10,17H,6-7,9H2,1-3H3. The van der Waals surface area contributed by atoms with Crippen LogP contribution in [0.5, 0.6) is 0 Å². The van der Waals surface area contributed by atoms with Gasteiger partial charge < -0.3 is 9.47 Å². The quantitative estimate of drug-likeness (QED) is 0.777. The van der Waals surface area contributed by atoms with Crippen molar-refractivity contribution < 1.29 is 22.7 Å². The van der Waals surface area contributed by atoms with Crippen LogP contribution in [0, 0.1) is 0 Å². The second-order valence-electron chi connectivity index (χ2n) is 6.39. The van der Waals surface area contributed by atoms with Gasteiger partial charge in [-0.1, -0.05) is 0 Å². The van der Waals surface area contributed by atoms with Crippen LogP contribution in [-0.2, 0) is 19.5 Å². The summed E-state index contributed by atoms with van der Waals surface area (Å²) in [6, 6.07) is 4.28. The first kappa shape index (κ1) is 18.4. The molecule has 0 radical (unpaired) electrons. The summed E-state index contributed by atoms with van der Waals surface area (Å²) in [7, 11) is -3.72. The highest BCUT2D eigenvalue weighted by atomic mass is 79.9. The third-order valence-corrected chi connectivity index (χ3v) is 5.52. The molecule has 8 heteroatoms. The van der Waals surface area contributed by atoms with E-state index in [0.29, 0.717) is 24.1 Å². The molecule has 1 N–H and O–H groups in total. The van der Waals surface area contributed by atoms with Crippen LogP contribution in [-0.4, -0.2) is 39.2 Å². The zero-order valence-corrected chi connectivity index (χ0v) is 15.7. The fraction of sp³-hybridized carbons (Fsp3) is 0.533. The van der Waals surface area contributed by atoms with E-state index >= 15 is 0 Å². The summed E-state index contributed by atoms with van der Waals surface area (Å²) in [5.41, 5.74) is -0.443. The number of ether oxygens (including phenoxy) is 2. The lowest BCUT2D eigenvalue weighted by Gasteiger charge is -2.20. The molecule has 1 saturated heterocycles. The van der Waals surface area contributed by atoms with Gasteiger partial charge in [0.05, 0.1) is 23.7 Å². The molecule has 2 rings (SSSR count). The summed E-state index contributed by atoms with van der Waals surface area (Å²) in [5, 5.41) is 0. The number of hydrogen-bond donors (Lipinski definition) is 1. The van der Waals surface area contributed by atoms with Crippen molar-refractivity contribution in [1.82, 2.24) is 4.72 Å². The van der Waals surface area contributed by atoms with Gasteiger partial charge in [0.15, 0.2) is 0 Å². The minimum atomic E-state index is -3.72. The highest BCUT2D eigenvalue weighted by molar-refractivity contribution is 9.10. The summed E-state index contributed by atoms with van der Waals surface area (Å²) in [5.74, 6) is -0.569. The maximum absolute atomic E-state index is 12.4. The van der Waals surface area contributed by atoms with E-state index < -0.39 is 21.5 Å². The van der Waals surface area contributed by atoms with E-state index in [4.69, 9.17) is 9.47 Å². The molecule has 1 aromatic carbocycles. The molecular weight excluding hydrogens is 386 g/mol. The molecule has 0 saturated carbocycles. The summed E-state index contributed by atoms with van der Waals surface area (Å²) in [4.78, 5) is 12.3. The fourth-order valence-corrected chi connectivity index (χ4v) is 3.96. The highest BCUT2D eigenvalue weighted by Crippen LogP contribution is 2.24. The lowest BCUT2D eigenvalue weighted by Crippen LogP contribution is -2.40. The maximum Gasteiger partial charge on any atom is 0.339 e. The summed E-state index contributed by atoms with van der Waals surface area (Å²) in [6.45, 7) is 6.17. The highest BCUT2D eigenvalue weighted by Gasteiger charge is 2.26. The normalized spacial score (nSPS) is 18.9. The molecule has 0 spiro atoms. The van der Waals surface area contributed by atoms with Crippen LogP contribution in [0.15, 0.2) is 27.6 Å². The molecule has 0 bridgehead atoms. The van der Waals surface area contributed by atoms with Crippen molar-refractivity contribution in [1.29, 1.82) is 0 Å². The van der Waals surface area contributed by atoms with Crippen LogP contribution in [0.25, 0.3) is 0 Å². The van der Waals surface area contributed by atoms with Crippen molar-refractivity contribution >= 4 is 31.9 Å². The van der Waals surface area contributed by atoms with Gasteiger partial charge in [-0.15, -0.1) is 0 Å². The average molecular weight is 406 g/mol. The molecule has 6 nitrogen and oxygen atoms in total. The fourth-order valence-electron chi connectivity index (χ4n) is 2.11. The molecule has 0 aromatic heterocycles. The van der Waals surface area contributed by atoms with Crippen LogP contribution < -0.4 is 4.72 Å². The number of sulfonamides is 1. The number of halogens is 1. The summed E-state index contributed by atoms with van der Waals surface area (Å²) < 4.78 is 38.3. The van der Waals surface area contributed by atoms with Gasteiger partial charge in [-0.2, -0.15) is 0 Å². The van der Waals surface area contributed by atoms with Crippen LogP contribution in [0.3, 0.4) is 0 Å². The summed E-state index contributed by atoms with van der Waals surface area (Å²) in [6.07, 6.45) is 0.356. The van der Waals surface area contributed by atoms with Crippen LogP contribution in [0.1, 0.15) is 37.6 Å². The number of rotatable bonds is 4. The first-order chi connectivity index (χ1) is 10.6. The topological polar surface area (TPSA) is 81.7 Å². The first-order valence-corrected chi connectivity index (χ1v) is 9.48. The van der Waals surface area contributed by atoms with E-state index in [1.165, 1.54) is 18.2 Å². The second kappa shape index (κ2) is 6.88. The average Bonchev–Trinajstić information content (AvgIpc) is 2.88. The number of nitrogens with one attached hydrogen (secondary N) is 1. The predicted molar refractivity (Wildman–Crippen MR) is 88.9 cm³/mol. The van der Waals surface area contributed by atoms with Gasteiger partial charge in [-0.05, 0) is 54.9 Å². The van der Waals surface area contributed by atoms with E-state index in [-0.39, 0.29) is 16.6 Å².